The summed E-state index contributed by atoms with van der Waals surface area (Å²) in [5.74, 6) is 2.03. The Morgan fingerprint density at radius 2 is 1.38 bits per heavy atom. The van der Waals surface area contributed by atoms with Gasteiger partial charge in [0.1, 0.15) is 0 Å². The van der Waals surface area contributed by atoms with Gasteiger partial charge in [-0.3, -0.25) is 4.57 Å². The Hall–Kier alpha value is -4.83. The molecule has 2 heterocycles. The summed E-state index contributed by atoms with van der Waals surface area (Å²) in [6, 6.07) is 32.3. The van der Waals surface area contributed by atoms with E-state index in [-0.39, 0.29) is 5.41 Å². The van der Waals surface area contributed by atoms with E-state index in [0.29, 0.717) is 17.6 Å². The van der Waals surface area contributed by atoms with Crippen molar-refractivity contribution >= 4 is 27.4 Å². The second-order valence-electron chi connectivity index (χ2n) is 11.2. The Bertz CT molecular complexity index is 2030. The quantitative estimate of drug-likeness (QED) is 0.222. The Morgan fingerprint density at radius 3 is 2.19 bits per heavy atom. The molecule has 4 heteroatoms. The van der Waals surface area contributed by atoms with Gasteiger partial charge >= 0.3 is 0 Å². The first-order valence-electron chi connectivity index (χ1n) is 15.0. The number of hydrogen-bond acceptors (Lipinski definition) is 3. The lowest BCUT2D eigenvalue weighted by atomic mass is 9.82. The summed E-state index contributed by atoms with van der Waals surface area (Å²) in [5.41, 5.74) is 9.48. The van der Waals surface area contributed by atoms with Gasteiger partial charge in [-0.25, -0.2) is 4.98 Å². The van der Waals surface area contributed by atoms with Crippen LogP contribution in [0.25, 0.3) is 55.8 Å². The fourth-order valence-electron chi connectivity index (χ4n) is 6.47. The molecule has 4 nitrogen and oxygen atoms in total. The lowest BCUT2D eigenvalue weighted by molar-refractivity contribution is 0.661. The van der Waals surface area contributed by atoms with Crippen molar-refractivity contribution < 1.29 is 0 Å². The van der Waals surface area contributed by atoms with E-state index >= 15 is 0 Å². The summed E-state index contributed by atoms with van der Waals surface area (Å²) in [6.07, 6.45) is 8.60. The maximum atomic E-state index is 5.12. The van der Waals surface area contributed by atoms with Gasteiger partial charge in [0.2, 0.25) is 5.95 Å². The normalized spacial score (nSPS) is 14.7. The Kier molecular flexibility index (Phi) is 6.35. The molecule has 0 bridgehead atoms. The first-order valence-corrected chi connectivity index (χ1v) is 15.0. The van der Waals surface area contributed by atoms with Crippen LogP contribution in [0.4, 0.5) is 0 Å². The number of para-hydroxylation sites is 1. The molecule has 42 heavy (non-hydrogen) atoms. The Balaban J connectivity index is 0.00000141. The molecule has 4 aromatic carbocycles. The van der Waals surface area contributed by atoms with Crippen molar-refractivity contribution in [3.63, 3.8) is 0 Å². The molecule has 0 radical (unpaired) electrons. The Labute approximate surface area is 247 Å². The second kappa shape index (κ2) is 10.2. The molecular formula is C38H34N4. The van der Waals surface area contributed by atoms with Gasteiger partial charge < -0.3 is 0 Å². The van der Waals surface area contributed by atoms with E-state index in [9.17, 15) is 0 Å². The van der Waals surface area contributed by atoms with E-state index in [1.807, 2.05) is 32.0 Å². The van der Waals surface area contributed by atoms with E-state index in [4.69, 9.17) is 15.0 Å². The molecule has 0 unspecified atom stereocenters. The number of nitrogens with zero attached hydrogens (tertiary/aromatic N) is 4. The third-order valence-corrected chi connectivity index (χ3v) is 8.48. The minimum absolute atomic E-state index is 0.0986. The van der Waals surface area contributed by atoms with Crippen molar-refractivity contribution in [2.45, 2.75) is 46.0 Å². The van der Waals surface area contributed by atoms with Gasteiger partial charge in [0.15, 0.2) is 11.6 Å². The maximum Gasteiger partial charge on any atom is 0.238 e. The van der Waals surface area contributed by atoms with Gasteiger partial charge in [-0.1, -0.05) is 119 Å². The molecule has 2 aliphatic rings. The zero-order chi connectivity index (χ0) is 28.8. The minimum Gasteiger partial charge on any atom is -0.278 e. The summed E-state index contributed by atoms with van der Waals surface area (Å²) >= 11 is 0. The average Bonchev–Trinajstić information content (AvgIpc) is 3.50. The standard InChI is InChI=1S/C36H28N4.C2H6/c1-36(2)29-19-11-9-17-25(29)27-21-28-26-18-10-12-20-31(26)40(32(28)22-30(27)36)35-38-33(23-13-5-3-6-14-23)37-34(39-35)24-15-7-4-8-16-24;1-2/h3,5-7,9-22H,4,8H2,1-2H3;1-2H3. The van der Waals surface area contributed by atoms with E-state index < -0.39 is 0 Å². The number of rotatable bonds is 3. The van der Waals surface area contributed by atoms with E-state index in [1.165, 1.54) is 33.0 Å². The van der Waals surface area contributed by atoms with Crippen molar-refractivity contribution in [3.8, 4) is 28.5 Å². The molecule has 0 fully saturated rings. The highest BCUT2D eigenvalue weighted by Crippen LogP contribution is 2.50. The molecule has 0 amide bonds. The maximum absolute atomic E-state index is 5.12. The van der Waals surface area contributed by atoms with Crippen LogP contribution in [0, 0.1) is 0 Å². The van der Waals surface area contributed by atoms with Gasteiger partial charge in [-0.15, -0.1) is 0 Å². The van der Waals surface area contributed by atoms with Crippen LogP contribution in [0.3, 0.4) is 0 Å². The summed E-state index contributed by atoms with van der Waals surface area (Å²) in [4.78, 5) is 15.2. The van der Waals surface area contributed by atoms with Crippen molar-refractivity contribution in [2.24, 2.45) is 0 Å². The second-order valence-corrected chi connectivity index (χ2v) is 11.2. The van der Waals surface area contributed by atoms with Crippen LogP contribution >= 0.6 is 0 Å². The summed E-state index contributed by atoms with van der Waals surface area (Å²) in [7, 11) is 0. The smallest absolute Gasteiger partial charge is 0.238 e. The van der Waals surface area contributed by atoms with Crippen molar-refractivity contribution in [3.05, 3.63) is 126 Å². The average molecular weight is 547 g/mol. The van der Waals surface area contributed by atoms with Crippen LogP contribution in [0.5, 0.6) is 0 Å². The SMILES string of the molecule is CC.CC1(C)c2ccccc2-c2cc3c4ccccc4n(-c4nc(C5=CCCC=C5)nc(-c5ccccc5)n4)c3cc21. The van der Waals surface area contributed by atoms with Crippen LogP contribution in [0.2, 0.25) is 0 Å². The predicted molar refractivity (Wildman–Crippen MR) is 175 cm³/mol. The summed E-state index contributed by atoms with van der Waals surface area (Å²) in [6.45, 7) is 8.65. The number of benzene rings is 4. The number of fused-ring (bicyclic) bond motifs is 6. The minimum atomic E-state index is -0.0986. The predicted octanol–water partition coefficient (Wildman–Crippen LogP) is 9.70. The van der Waals surface area contributed by atoms with E-state index in [2.05, 4.69) is 109 Å². The largest absolute Gasteiger partial charge is 0.278 e. The molecule has 0 spiro atoms. The highest BCUT2D eigenvalue weighted by molar-refractivity contribution is 6.11. The van der Waals surface area contributed by atoms with Gasteiger partial charge in [-0.05, 0) is 53.3 Å². The molecule has 0 saturated carbocycles. The van der Waals surface area contributed by atoms with Gasteiger partial charge in [-0.2, -0.15) is 9.97 Å². The molecule has 0 aliphatic heterocycles. The Morgan fingerprint density at radius 1 is 0.643 bits per heavy atom. The van der Waals surface area contributed by atoms with Crippen LogP contribution in [-0.2, 0) is 5.41 Å². The third-order valence-electron chi connectivity index (χ3n) is 8.48. The molecule has 0 atom stereocenters. The van der Waals surface area contributed by atoms with Gasteiger partial charge in [0.05, 0.1) is 11.0 Å². The molecule has 2 aliphatic carbocycles. The number of hydrogen-bond donors (Lipinski definition) is 0. The van der Waals surface area contributed by atoms with Crippen molar-refractivity contribution in [2.75, 3.05) is 0 Å². The first kappa shape index (κ1) is 26.1. The van der Waals surface area contributed by atoms with Crippen LogP contribution < -0.4 is 0 Å². The molecule has 0 saturated heterocycles. The summed E-state index contributed by atoms with van der Waals surface area (Å²) < 4.78 is 2.23. The fourth-order valence-corrected chi connectivity index (χ4v) is 6.47. The topological polar surface area (TPSA) is 43.6 Å². The van der Waals surface area contributed by atoms with Crippen LogP contribution in [0.15, 0.2) is 109 Å². The lowest BCUT2D eigenvalue weighted by Crippen LogP contribution is -2.15. The number of aromatic nitrogens is 4. The molecule has 2 aromatic heterocycles. The molecule has 8 rings (SSSR count). The zero-order valence-corrected chi connectivity index (χ0v) is 24.6. The molecule has 206 valence electrons. The van der Waals surface area contributed by atoms with Gasteiger partial charge in [0.25, 0.3) is 0 Å². The number of allylic oxidation sites excluding steroid dienone is 4. The van der Waals surface area contributed by atoms with Crippen LogP contribution in [0.1, 0.15) is 57.5 Å². The fraction of sp³-hybridized carbons (Fsp3) is 0.184. The highest BCUT2D eigenvalue weighted by atomic mass is 15.2. The molecule has 6 aromatic rings. The van der Waals surface area contributed by atoms with Gasteiger partial charge in [0, 0.05) is 27.3 Å². The van der Waals surface area contributed by atoms with E-state index in [1.54, 1.807) is 0 Å². The lowest BCUT2D eigenvalue weighted by Gasteiger charge is -2.21. The molecule has 0 N–H and O–H groups in total. The zero-order valence-electron chi connectivity index (χ0n) is 24.6. The van der Waals surface area contributed by atoms with E-state index in [0.717, 1.165) is 35.0 Å². The third kappa shape index (κ3) is 4.01. The highest BCUT2D eigenvalue weighted by Gasteiger charge is 2.36. The monoisotopic (exact) mass is 546 g/mol. The van der Waals surface area contributed by atoms with Crippen molar-refractivity contribution in [1.82, 2.24) is 19.5 Å². The van der Waals surface area contributed by atoms with Crippen LogP contribution in [-0.4, -0.2) is 19.5 Å². The first-order chi connectivity index (χ1) is 20.6. The molecular weight excluding hydrogens is 512 g/mol. The summed E-state index contributed by atoms with van der Waals surface area (Å²) in [5, 5.41) is 2.41. The van der Waals surface area contributed by atoms with Crippen molar-refractivity contribution in [1.29, 1.82) is 0 Å².